The van der Waals surface area contributed by atoms with Gasteiger partial charge < -0.3 is 10.2 Å². The minimum Gasteiger partial charge on any atom is -0.354 e. The molecule has 42 heavy (non-hydrogen) atoms. The molecule has 1 N–H and O–H groups in total. The van der Waals surface area contributed by atoms with Crippen LogP contribution in [0.15, 0.2) is 125 Å². The molecule has 0 fully saturated rings. The maximum absolute atomic E-state index is 14.3. The van der Waals surface area contributed by atoms with Crippen molar-refractivity contribution in [2.75, 3.05) is 17.4 Å². The van der Waals surface area contributed by atoms with Crippen molar-refractivity contribution in [1.82, 2.24) is 10.2 Å². The van der Waals surface area contributed by atoms with Crippen LogP contribution in [0.5, 0.6) is 0 Å². The van der Waals surface area contributed by atoms with Crippen molar-refractivity contribution >= 4 is 43.5 Å². The number of hydrogen-bond acceptors (Lipinski definition) is 4. The van der Waals surface area contributed by atoms with Crippen LogP contribution >= 0.6 is 15.9 Å². The number of hydrogen-bond donors (Lipinski definition) is 1. The lowest BCUT2D eigenvalue weighted by Gasteiger charge is -2.34. The molecule has 0 aromatic heterocycles. The summed E-state index contributed by atoms with van der Waals surface area (Å²) < 4.78 is 29.7. The van der Waals surface area contributed by atoms with Gasteiger partial charge in [0.05, 0.1) is 10.6 Å². The van der Waals surface area contributed by atoms with Crippen molar-refractivity contribution in [3.63, 3.8) is 0 Å². The van der Waals surface area contributed by atoms with Gasteiger partial charge in [-0.05, 0) is 47.9 Å². The first-order chi connectivity index (χ1) is 20.3. The molecule has 0 bridgehead atoms. The Morgan fingerprint density at radius 3 is 2.00 bits per heavy atom. The Morgan fingerprint density at radius 2 is 1.40 bits per heavy atom. The molecular formula is C33H34BrN3O4S. The van der Waals surface area contributed by atoms with E-state index in [1.807, 2.05) is 67.6 Å². The van der Waals surface area contributed by atoms with Crippen molar-refractivity contribution in [1.29, 1.82) is 0 Å². The highest BCUT2D eigenvalue weighted by molar-refractivity contribution is 9.10. The second-order valence-corrected chi connectivity index (χ2v) is 12.6. The van der Waals surface area contributed by atoms with Crippen LogP contribution in [0.3, 0.4) is 0 Å². The van der Waals surface area contributed by atoms with Crippen LogP contribution in [0.2, 0.25) is 0 Å². The van der Waals surface area contributed by atoms with E-state index in [-0.39, 0.29) is 23.8 Å². The van der Waals surface area contributed by atoms with E-state index in [0.717, 1.165) is 21.9 Å². The van der Waals surface area contributed by atoms with E-state index < -0.39 is 28.5 Å². The van der Waals surface area contributed by atoms with Gasteiger partial charge in [0.25, 0.3) is 10.0 Å². The van der Waals surface area contributed by atoms with E-state index in [0.29, 0.717) is 16.7 Å². The van der Waals surface area contributed by atoms with E-state index in [9.17, 15) is 18.0 Å². The molecule has 0 radical (unpaired) electrons. The Bertz CT molecular complexity index is 1570. The second-order valence-electron chi connectivity index (χ2n) is 9.81. The van der Waals surface area contributed by atoms with Crippen molar-refractivity contribution in [3.8, 4) is 0 Å². The number of carbonyl (C=O) groups is 2. The number of benzene rings is 4. The van der Waals surface area contributed by atoms with Crippen molar-refractivity contribution < 1.29 is 18.0 Å². The van der Waals surface area contributed by atoms with Crippen molar-refractivity contribution in [3.05, 3.63) is 131 Å². The quantitative estimate of drug-likeness (QED) is 0.198. The SMILES string of the molecule is CCCNC(=O)[C@@H](Cc1ccccc1)N(Cc1ccccc1)C(=O)CN(c1cccc(Br)c1)S(=O)(=O)c1ccccc1. The number of carbonyl (C=O) groups excluding carboxylic acids is 2. The monoisotopic (exact) mass is 647 g/mol. The van der Waals surface area contributed by atoms with Crippen LogP contribution in [-0.2, 0) is 32.6 Å². The molecule has 1 atom stereocenters. The molecule has 0 aliphatic heterocycles. The number of sulfonamides is 1. The molecule has 0 aliphatic rings. The molecule has 9 heteroatoms. The van der Waals surface area contributed by atoms with Gasteiger partial charge in [0.15, 0.2) is 0 Å². The molecule has 218 valence electrons. The van der Waals surface area contributed by atoms with Gasteiger partial charge in [0.1, 0.15) is 12.6 Å². The summed E-state index contributed by atoms with van der Waals surface area (Å²) in [6.45, 7) is 2.06. The predicted molar refractivity (Wildman–Crippen MR) is 169 cm³/mol. The molecule has 4 rings (SSSR count). The van der Waals surface area contributed by atoms with Gasteiger partial charge in [-0.2, -0.15) is 0 Å². The fourth-order valence-corrected chi connectivity index (χ4v) is 6.39. The third-order valence-corrected chi connectivity index (χ3v) is 9.00. The summed E-state index contributed by atoms with van der Waals surface area (Å²) in [6, 6.07) is 32.9. The highest BCUT2D eigenvalue weighted by Gasteiger charge is 2.34. The molecule has 0 unspecified atom stereocenters. The fraction of sp³-hybridized carbons (Fsp3) is 0.212. The largest absolute Gasteiger partial charge is 0.354 e. The summed E-state index contributed by atoms with van der Waals surface area (Å²) in [7, 11) is -4.13. The van der Waals surface area contributed by atoms with E-state index in [1.165, 1.54) is 17.0 Å². The number of rotatable bonds is 13. The fourth-order valence-electron chi connectivity index (χ4n) is 4.58. The predicted octanol–water partition coefficient (Wildman–Crippen LogP) is 5.81. The van der Waals surface area contributed by atoms with Gasteiger partial charge in [0, 0.05) is 24.0 Å². The minimum atomic E-state index is -4.13. The first-order valence-corrected chi connectivity index (χ1v) is 16.0. The molecule has 4 aromatic rings. The average molecular weight is 649 g/mol. The number of nitrogens with one attached hydrogen (secondary N) is 1. The number of amides is 2. The van der Waals surface area contributed by atoms with E-state index in [2.05, 4.69) is 21.2 Å². The lowest BCUT2D eigenvalue weighted by Crippen LogP contribution is -2.53. The molecule has 2 amide bonds. The Kier molecular flexibility index (Phi) is 10.9. The van der Waals surface area contributed by atoms with Crippen molar-refractivity contribution in [2.45, 2.75) is 37.2 Å². The molecule has 0 saturated carbocycles. The highest BCUT2D eigenvalue weighted by atomic mass is 79.9. The molecule has 7 nitrogen and oxygen atoms in total. The lowest BCUT2D eigenvalue weighted by atomic mass is 10.0. The van der Waals surface area contributed by atoms with E-state index in [1.54, 1.807) is 42.5 Å². The summed E-state index contributed by atoms with van der Waals surface area (Å²) in [6.07, 6.45) is 1.01. The Hall–Kier alpha value is -3.95. The van der Waals surface area contributed by atoms with Crippen molar-refractivity contribution in [2.24, 2.45) is 0 Å². The Labute approximate surface area is 256 Å². The summed E-state index contributed by atoms with van der Waals surface area (Å²) >= 11 is 3.43. The van der Waals surface area contributed by atoms with E-state index in [4.69, 9.17) is 0 Å². The molecule has 4 aromatic carbocycles. The smallest absolute Gasteiger partial charge is 0.264 e. The zero-order valence-corrected chi connectivity index (χ0v) is 25.8. The molecule has 0 spiro atoms. The maximum Gasteiger partial charge on any atom is 0.264 e. The van der Waals surface area contributed by atoms with Crippen LogP contribution in [0.4, 0.5) is 5.69 Å². The maximum atomic E-state index is 14.3. The normalized spacial score (nSPS) is 11.9. The first kappa shape index (κ1) is 31.0. The summed E-state index contributed by atoms with van der Waals surface area (Å²) in [5.74, 6) is -0.782. The summed E-state index contributed by atoms with van der Waals surface area (Å²) in [5, 5.41) is 2.95. The topological polar surface area (TPSA) is 86.8 Å². The second kappa shape index (κ2) is 14.8. The summed E-state index contributed by atoms with van der Waals surface area (Å²) in [5.41, 5.74) is 2.05. The van der Waals surface area contributed by atoms with Crippen LogP contribution in [0.25, 0.3) is 0 Å². The summed E-state index contributed by atoms with van der Waals surface area (Å²) in [4.78, 5) is 29.5. The van der Waals surface area contributed by atoms with Gasteiger partial charge in [-0.15, -0.1) is 0 Å². The molecule has 0 aliphatic carbocycles. The Morgan fingerprint density at radius 1 is 0.810 bits per heavy atom. The highest BCUT2D eigenvalue weighted by Crippen LogP contribution is 2.27. The molecule has 0 heterocycles. The standard InChI is InChI=1S/C33H34BrN3O4S/c1-2-21-35-33(39)31(22-26-13-6-3-7-14-26)36(24-27-15-8-4-9-16-27)32(38)25-37(29-18-12-17-28(34)23-29)42(40,41)30-19-10-5-11-20-30/h3-20,23,31H,2,21-22,24-25H2,1H3,(H,35,39)/t31-/m1/s1. The zero-order chi connectivity index (χ0) is 30.0. The van der Waals surface area contributed by atoms with Gasteiger partial charge in [-0.1, -0.05) is 108 Å². The number of anilines is 1. The van der Waals surface area contributed by atoms with Gasteiger partial charge >= 0.3 is 0 Å². The van der Waals surface area contributed by atoms with Gasteiger partial charge in [-0.3, -0.25) is 13.9 Å². The third kappa shape index (κ3) is 8.08. The van der Waals surface area contributed by atoms with Gasteiger partial charge in [0.2, 0.25) is 11.8 Å². The van der Waals surface area contributed by atoms with Crippen LogP contribution < -0.4 is 9.62 Å². The number of nitrogens with zero attached hydrogens (tertiary/aromatic N) is 2. The molecular weight excluding hydrogens is 614 g/mol. The van der Waals surface area contributed by atoms with E-state index >= 15 is 0 Å². The third-order valence-electron chi connectivity index (χ3n) is 6.72. The Balaban J connectivity index is 1.77. The lowest BCUT2D eigenvalue weighted by molar-refractivity contribution is -0.140. The minimum absolute atomic E-state index is 0.0638. The van der Waals surface area contributed by atoms with Crippen LogP contribution in [0, 0.1) is 0 Å². The zero-order valence-electron chi connectivity index (χ0n) is 23.4. The average Bonchev–Trinajstić information content (AvgIpc) is 3.01. The van der Waals surface area contributed by atoms with Gasteiger partial charge in [-0.25, -0.2) is 8.42 Å². The first-order valence-electron chi connectivity index (χ1n) is 13.8. The van der Waals surface area contributed by atoms with Crippen LogP contribution in [-0.4, -0.2) is 44.3 Å². The van der Waals surface area contributed by atoms with Crippen LogP contribution in [0.1, 0.15) is 24.5 Å². The number of halogens is 1. The molecule has 0 saturated heterocycles.